The molecule has 0 aliphatic carbocycles. The smallest absolute Gasteiger partial charge is 0.226 e. The molecular formula is C22H22N6O2S. The van der Waals surface area contributed by atoms with Gasteiger partial charge in [0.15, 0.2) is 10.6 Å². The van der Waals surface area contributed by atoms with Crippen molar-refractivity contribution in [2.45, 2.75) is 19.9 Å². The normalized spacial score (nSPS) is 10.7. The van der Waals surface area contributed by atoms with Gasteiger partial charge in [-0.25, -0.2) is 4.98 Å². The predicted octanol–water partition coefficient (Wildman–Crippen LogP) is 4.22. The number of nitrogens with zero attached hydrogens (tertiary/aromatic N) is 4. The molecular weight excluding hydrogens is 412 g/mol. The van der Waals surface area contributed by atoms with Crippen LogP contribution in [0.4, 0.5) is 5.69 Å². The molecule has 2 aromatic carbocycles. The van der Waals surface area contributed by atoms with Gasteiger partial charge in [-0.2, -0.15) is 5.10 Å². The number of imidazole rings is 1. The molecule has 158 valence electrons. The Bertz CT molecular complexity index is 1210. The zero-order valence-corrected chi connectivity index (χ0v) is 17.8. The summed E-state index contributed by atoms with van der Waals surface area (Å²) in [6.45, 7) is 2.95. The van der Waals surface area contributed by atoms with Gasteiger partial charge in [-0.05, 0) is 55.5 Å². The van der Waals surface area contributed by atoms with Crippen LogP contribution in [0.1, 0.15) is 13.3 Å². The number of anilines is 1. The molecule has 0 saturated heterocycles. The quantitative estimate of drug-likeness (QED) is 0.405. The first-order valence-electron chi connectivity index (χ1n) is 9.91. The highest BCUT2D eigenvalue weighted by molar-refractivity contribution is 7.71. The number of hydrogen-bond acceptors (Lipinski definition) is 5. The summed E-state index contributed by atoms with van der Waals surface area (Å²) in [5, 5.41) is 10.1. The molecule has 2 N–H and O–H groups in total. The lowest BCUT2D eigenvalue weighted by atomic mass is 10.2. The number of para-hydroxylation sites is 2. The second-order valence-electron chi connectivity index (χ2n) is 6.75. The highest BCUT2D eigenvalue weighted by Gasteiger charge is 2.12. The lowest BCUT2D eigenvalue weighted by Gasteiger charge is -2.12. The SMILES string of the molecule is CCOc1ccc(-c2n[nH]c(=S)n2CCC(=O)Nc2ccccc2-n2ccnc2)cc1. The number of hydrogen-bond donors (Lipinski definition) is 2. The number of carbonyl (C=O) groups is 1. The summed E-state index contributed by atoms with van der Waals surface area (Å²) in [4.78, 5) is 16.7. The van der Waals surface area contributed by atoms with Gasteiger partial charge in [0.1, 0.15) is 5.75 Å². The van der Waals surface area contributed by atoms with Crippen molar-refractivity contribution in [1.82, 2.24) is 24.3 Å². The van der Waals surface area contributed by atoms with E-state index < -0.39 is 0 Å². The van der Waals surface area contributed by atoms with Crippen molar-refractivity contribution in [1.29, 1.82) is 0 Å². The first-order chi connectivity index (χ1) is 15.2. The highest BCUT2D eigenvalue weighted by Crippen LogP contribution is 2.22. The van der Waals surface area contributed by atoms with Crippen molar-refractivity contribution in [3.8, 4) is 22.8 Å². The molecule has 0 unspecified atom stereocenters. The molecule has 1 amide bonds. The molecule has 31 heavy (non-hydrogen) atoms. The molecule has 0 bridgehead atoms. The monoisotopic (exact) mass is 434 g/mol. The Morgan fingerprint density at radius 3 is 2.74 bits per heavy atom. The molecule has 0 radical (unpaired) electrons. The molecule has 2 heterocycles. The van der Waals surface area contributed by atoms with Crippen molar-refractivity contribution in [2.24, 2.45) is 0 Å². The van der Waals surface area contributed by atoms with Crippen molar-refractivity contribution in [3.63, 3.8) is 0 Å². The number of rotatable bonds is 8. The fourth-order valence-corrected chi connectivity index (χ4v) is 3.47. The van der Waals surface area contributed by atoms with E-state index in [9.17, 15) is 4.79 Å². The topological polar surface area (TPSA) is 89.8 Å². The van der Waals surface area contributed by atoms with E-state index in [-0.39, 0.29) is 12.3 Å². The van der Waals surface area contributed by atoms with Gasteiger partial charge in [0.05, 0.1) is 24.3 Å². The van der Waals surface area contributed by atoms with E-state index in [2.05, 4.69) is 20.5 Å². The van der Waals surface area contributed by atoms with Crippen LogP contribution >= 0.6 is 12.2 Å². The molecule has 4 rings (SSSR count). The van der Waals surface area contributed by atoms with E-state index in [1.54, 1.807) is 12.5 Å². The van der Waals surface area contributed by atoms with Gasteiger partial charge in [-0.15, -0.1) is 0 Å². The van der Waals surface area contributed by atoms with Gasteiger partial charge in [0.25, 0.3) is 0 Å². The van der Waals surface area contributed by atoms with Crippen LogP contribution in [0.15, 0.2) is 67.3 Å². The maximum absolute atomic E-state index is 12.7. The minimum Gasteiger partial charge on any atom is -0.494 e. The Hall–Kier alpha value is -3.72. The van der Waals surface area contributed by atoms with Crippen LogP contribution in [0.25, 0.3) is 17.1 Å². The number of carbonyl (C=O) groups excluding carboxylic acids is 1. The average molecular weight is 435 g/mol. The minimum absolute atomic E-state index is 0.117. The number of benzene rings is 2. The second-order valence-corrected chi connectivity index (χ2v) is 7.13. The zero-order valence-electron chi connectivity index (χ0n) is 17.0. The van der Waals surface area contributed by atoms with Gasteiger partial charge in [0, 0.05) is 30.9 Å². The van der Waals surface area contributed by atoms with E-state index in [0.29, 0.717) is 29.4 Å². The summed E-state index contributed by atoms with van der Waals surface area (Å²) in [5.41, 5.74) is 2.46. The van der Waals surface area contributed by atoms with Crippen LogP contribution in [-0.2, 0) is 11.3 Å². The third-order valence-corrected chi connectivity index (χ3v) is 5.02. The Morgan fingerprint density at radius 1 is 1.19 bits per heavy atom. The molecule has 4 aromatic rings. The van der Waals surface area contributed by atoms with E-state index in [4.69, 9.17) is 17.0 Å². The highest BCUT2D eigenvalue weighted by atomic mass is 32.1. The first-order valence-corrected chi connectivity index (χ1v) is 10.3. The molecule has 0 saturated carbocycles. The summed E-state index contributed by atoms with van der Waals surface area (Å²) in [6.07, 6.45) is 5.47. The van der Waals surface area contributed by atoms with Crippen LogP contribution in [0.5, 0.6) is 5.75 Å². The summed E-state index contributed by atoms with van der Waals surface area (Å²) < 4.78 is 9.64. The van der Waals surface area contributed by atoms with Gasteiger partial charge < -0.3 is 14.6 Å². The van der Waals surface area contributed by atoms with Crippen LogP contribution < -0.4 is 10.1 Å². The molecule has 0 aliphatic heterocycles. The number of amides is 1. The Labute approximate surface area is 184 Å². The maximum Gasteiger partial charge on any atom is 0.226 e. The van der Waals surface area contributed by atoms with Crippen molar-refractivity contribution in [3.05, 3.63) is 72.0 Å². The number of aromatic nitrogens is 5. The van der Waals surface area contributed by atoms with Crippen molar-refractivity contribution in [2.75, 3.05) is 11.9 Å². The van der Waals surface area contributed by atoms with E-state index in [1.807, 2.05) is 70.8 Å². The molecule has 2 aromatic heterocycles. The Morgan fingerprint density at radius 2 is 2.00 bits per heavy atom. The lowest BCUT2D eigenvalue weighted by Crippen LogP contribution is -2.16. The average Bonchev–Trinajstić information content (AvgIpc) is 3.44. The lowest BCUT2D eigenvalue weighted by molar-refractivity contribution is -0.116. The summed E-state index contributed by atoms with van der Waals surface area (Å²) in [5.74, 6) is 1.36. The number of H-pyrrole nitrogens is 1. The standard InChI is InChI=1S/C22H22N6O2S/c1-2-30-17-9-7-16(8-10-17)21-25-26-22(31)28(21)13-11-20(29)24-18-5-3-4-6-19(18)27-14-12-23-15-27/h3-10,12,14-15H,2,11,13H2,1H3,(H,24,29)(H,26,31). The molecule has 9 heteroatoms. The van der Waals surface area contributed by atoms with Crippen LogP contribution in [-0.4, -0.2) is 36.8 Å². The maximum atomic E-state index is 12.7. The van der Waals surface area contributed by atoms with Gasteiger partial charge in [0.2, 0.25) is 5.91 Å². The number of nitrogens with one attached hydrogen (secondary N) is 2. The van der Waals surface area contributed by atoms with Crippen LogP contribution in [0.2, 0.25) is 0 Å². The fourth-order valence-electron chi connectivity index (χ4n) is 3.24. The van der Waals surface area contributed by atoms with Gasteiger partial charge in [-0.3, -0.25) is 14.5 Å². The van der Waals surface area contributed by atoms with Crippen molar-refractivity contribution < 1.29 is 9.53 Å². The predicted molar refractivity (Wildman–Crippen MR) is 121 cm³/mol. The third kappa shape index (κ3) is 4.72. The molecule has 8 nitrogen and oxygen atoms in total. The van der Waals surface area contributed by atoms with E-state index in [0.717, 1.165) is 17.0 Å². The second kappa shape index (κ2) is 9.40. The molecule has 0 spiro atoms. The summed E-state index contributed by atoms with van der Waals surface area (Å²) in [7, 11) is 0. The Kier molecular flexibility index (Phi) is 6.23. The molecule has 0 aliphatic rings. The summed E-state index contributed by atoms with van der Waals surface area (Å²) in [6, 6.07) is 15.2. The first kappa shape index (κ1) is 20.5. The molecule has 0 atom stereocenters. The van der Waals surface area contributed by atoms with E-state index >= 15 is 0 Å². The minimum atomic E-state index is -0.117. The summed E-state index contributed by atoms with van der Waals surface area (Å²) >= 11 is 5.37. The van der Waals surface area contributed by atoms with Crippen LogP contribution in [0.3, 0.4) is 0 Å². The van der Waals surface area contributed by atoms with Gasteiger partial charge in [-0.1, -0.05) is 12.1 Å². The number of ether oxygens (including phenoxy) is 1. The fraction of sp³-hybridized carbons (Fsp3) is 0.182. The van der Waals surface area contributed by atoms with Gasteiger partial charge >= 0.3 is 0 Å². The zero-order chi connectivity index (χ0) is 21.6. The van der Waals surface area contributed by atoms with Crippen molar-refractivity contribution >= 4 is 23.8 Å². The molecule has 0 fully saturated rings. The number of aromatic amines is 1. The Balaban J connectivity index is 1.46. The third-order valence-electron chi connectivity index (χ3n) is 4.70. The largest absolute Gasteiger partial charge is 0.494 e. The van der Waals surface area contributed by atoms with E-state index in [1.165, 1.54) is 0 Å². The van der Waals surface area contributed by atoms with Crippen LogP contribution in [0, 0.1) is 4.77 Å².